The number of piperidine rings is 1. The van der Waals surface area contributed by atoms with Crippen LogP contribution in [-0.2, 0) is 10.5 Å². The smallest absolute Gasteiger partial charge is 0.321 e. The second kappa shape index (κ2) is 5.34. The highest BCUT2D eigenvalue weighted by Gasteiger charge is 2.61. The van der Waals surface area contributed by atoms with Crippen molar-refractivity contribution in [3.63, 3.8) is 0 Å². The Morgan fingerprint density at radius 1 is 1.36 bits per heavy atom. The van der Waals surface area contributed by atoms with Crippen LogP contribution in [0.15, 0.2) is 30.3 Å². The Morgan fingerprint density at radius 3 is 2.55 bits per heavy atom. The maximum absolute atomic E-state index is 15.7. The van der Waals surface area contributed by atoms with Crippen molar-refractivity contribution in [1.82, 2.24) is 4.90 Å². The van der Waals surface area contributed by atoms with E-state index in [2.05, 4.69) is 0 Å². The maximum atomic E-state index is 15.7. The normalized spacial score (nSPS) is 31.6. The van der Waals surface area contributed by atoms with Gasteiger partial charge in [-0.1, -0.05) is 44.2 Å². The topological polar surface area (TPSA) is 40.5 Å². The highest BCUT2D eigenvalue weighted by molar-refractivity contribution is 5.74. The summed E-state index contributed by atoms with van der Waals surface area (Å²) in [5.41, 5.74) is -0.884. The number of benzene rings is 1. The van der Waals surface area contributed by atoms with Gasteiger partial charge in [-0.2, -0.15) is 0 Å². The lowest BCUT2D eigenvalue weighted by atomic mass is 9.85. The quantitative estimate of drug-likeness (QED) is 0.907. The number of carboxylic acids is 1. The molecule has 1 aromatic carbocycles. The Hall–Kier alpha value is -1.42. The first-order chi connectivity index (χ1) is 10.3. The predicted molar refractivity (Wildman–Crippen MR) is 83.3 cm³/mol. The Bertz CT molecular complexity index is 557. The monoisotopic (exact) mass is 305 g/mol. The van der Waals surface area contributed by atoms with Gasteiger partial charge >= 0.3 is 5.97 Å². The van der Waals surface area contributed by atoms with Crippen LogP contribution < -0.4 is 0 Å². The molecule has 0 unspecified atom stereocenters. The van der Waals surface area contributed by atoms with Gasteiger partial charge in [0.2, 0.25) is 0 Å². The van der Waals surface area contributed by atoms with Gasteiger partial charge in [0, 0.05) is 6.54 Å². The number of fused-ring (bicyclic) bond motifs is 1. The van der Waals surface area contributed by atoms with Crippen molar-refractivity contribution in [2.45, 2.75) is 44.9 Å². The van der Waals surface area contributed by atoms with E-state index < -0.39 is 17.7 Å². The molecule has 3 nitrogen and oxygen atoms in total. The summed E-state index contributed by atoms with van der Waals surface area (Å²) >= 11 is 0. The minimum absolute atomic E-state index is 0.0379. The first-order valence-electron chi connectivity index (χ1n) is 8.07. The molecule has 2 aliphatic rings. The van der Waals surface area contributed by atoms with E-state index in [-0.39, 0.29) is 17.9 Å². The van der Waals surface area contributed by atoms with Crippen molar-refractivity contribution in [2.75, 3.05) is 6.54 Å². The van der Waals surface area contributed by atoms with Crippen molar-refractivity contribution in [2.24, 2.45) is 17.8 Å². The van der Waals surface area contributed by atoms with Gasteiger partial charge < -0.3 is 5.11 Å². The highest BCUT2D eigenvalue weighted by atomic mass is 19.1. The number of carbonyl (C=O) groups is 1. The van der Waals surface area contributed by atoms with E-state index in [1.807, 2.05) is 36.9 Å². The number of nitrogens with zero attached hydrogens (tertiary/aromatic N) is 1. The first kappa shape index (κ1) is 15.5. The van der Waals surface area contributed by atoms with E-state index in [9.17, 15) is 9.90 Å². The van der Waals surface area contributed by atoms with E-state index in [4.69, 9.17) is 0 Å². The van der Waals surface area contributed by atoms with Gasteiger partial charge in [-0.25, -0.2) is 4.39 Å². The molecular weight excluding hydrogens is 281 g/mol. The second-order valence-electron chi connectivity index (χ2n) is 7.27. The van der Waals surface area contributed by atoms with E-state index >= 15 is 4.39 Å². The number of halogens is 1. The summed E-state index contributed by atoms with van der Waals surface area (Å²) in [6.07, 6.45) is 1.03. The molecular formula is C18H24FNO2. The van der Waals surface area contributed by atoms with Gasteiger partial charge in [-0.05, 0) is 36.7 Å². The van der Waals surface area contributed by atoms with Gasteiger partial charge in [-0.3, -0.25) is 9.69 Å². The number of rotatable bonds is 5. The molecule has 5 atom stereocenters. The molecule has 0 spiro atoms. The van der Waals surface area contributed by atoms with Crippen molar-refractivity contribution in [3.8, 4) is 0 Å². The molecule has 0 bridgehead atoms. The maximum Gasteiger partial charge on any atom is 0.321 e. The zero-order chi connectivity index (χ0) is 16.1. The van der Waals surface area contributed by atoms with Crippen molar-refractivity contribution in [3.05, 3.63) is 35.9 Å². The van der Waals surface area contributed by atoms with Crippen LogP contribution in [0.3, 0.4) is 0 Å². The summed E-state index contributed by atoms with van der Waals surface area (Å²) < 4.78 is 15.7. The fourth-order valence-corrected chi connectivity index (χ4v) is 4.24. The van der Waals surface area contributed by atoms with Gasteiger partial charge in [0.25, 0.3) is 0 Å². The lowest BCUT2D eigenvalue weighted by Gasteiger charge is -2.41. The van der Waals surface area contributed by atoms with Crippen LogP contribution >= 0.6 is 0 Å². The molecule has 120 valence electrons. The molecule has 0 aromatic heterocycles. The minimum Gasteiger partial charge on any atom is -0.480 e. The Labute approximate surface area is 131 Å². The number of aliphatic carboxylic acids is 1. The molecule has 0 radical (unpaired) electrons. The Balaban J connectivity index is 1.95. The van der Waals surface area contributed by atoms with E-state index in [1.54, 1.807) is 19.1 Å². The van der Waals surface area contributed by atoms with E-state index in [0.717, 1.165) is 6.42 Å². The van der Waals surface area contributed by atoms with Gasteiger partial charge in [0.15, 0.2) is 0 Å². The molecule has 4 heteroatoms. The third-order valence-electron chi connectivity index (χ3n) is 5.32. The fourth-order valence-electron chi connectivity index (χ4n) is 4.24. The standard InChI is InChI=1S/C18H24FNO2/c1-11(2)15(17(21)22)20-10-12-9-14(12)16(20)18(3,19)13-7-5-4-6-8-13/h4-8,11-12,14-16H,9-10H2,1-3H3,(H,21,22)/t12-,14-,15-,16+,18+/m0/s1. The van der Waals surface area contributed by atoms with Crippen LogP contribution in [0.4, 0.5) is 4.39 Å². The average molecular weight is 305 g/mol. The van der Waals surface area contributed by atoms with Gasteiger partial charge in [-0.15, -0.1) is 0 Å². The van der Waals surface area contributed by atoms with Crippen LogP contribution in [0.5, 0.6) is 0 Å². The van der Waals surface area contributed by atoms with Crippen molar-refractivity contribution < 1.29 is 14.3 Å². The largest absolute Gasteiger partial charge is 0.480 e. The summed E-state index contributed by atoms with van der Waals surface area (Å²) in [5, 5.41) is 9.60. The lowest BCUT2D eigenvalue weighted by Crippen LogP contribution is -2.54. The van der Waals surface area contributed by atoms with Crippen LogP contribution in [0.25, 0.3) is 0 Å². The molecule has 3 rings (SSSR count). The summed E-state index contributed by atoms with van der Waals surface area (Å²) in [6, 6.07) is 8.21. The molecule has 22 heavy (non-hydrogen) atoms. The number of alkyl halides is 1. The van der Waals surface area contributed by atoms with Crippen molar-refractivity contribution >= 4 is 5.97 Å². The summed E-state index contributed by atoms with van der Waals surface area (Å²) in [7, 11) is 0. The average Bonchev–Trinajstić information content (AvgIpc) is 3.09. The molecule has 2 fully saturated rings. The summed E-state index contributed by atoms with van der Waals surface area (Å²) in [4.78, 5) is 13.6. The molecule has 1 N–H and O–H groups in total. The molecule has 0 amide bonds. The van der Waals surface area contributed by atoms with E-state index in [1.165, 1.54) is 0 Å². The Kier molecular flexibility index (Phi) is 3.76. The van der Waals surface area contributed by atoms with Crippen LogP contribution in [0, 0.1) is 17.8 Å². The predicted octanol–water partition coefficient (Wildman–Crippen LogP) is 3.30. The van der Waals surface area contributed by atoms with Gasteiger partial charge in [0.1, 0.15) is 11.7 Å². The first-order valence-corrected chi connectivity index (χ1v) is 8.07. The van der Waals surface area contributed by atoms with Crippen LogP contribution in [-0.4, -0.2) is 34.6 Å². The van der Waals surface area contributed by atoms with Crippen molar-refractivity contribution in [1.29, 1.82) is 0 Å². The number of hydrogen-bond acceptors (Lipinski definition) is 2. The van der Waals surface area contributed by atoms with Gasteiger partial charge in [0.05, 0.1) is 6.04 Å². The highest BCUT2D eigenvalue weighted by Crippen LogP contribution is 2.56. The zero-order valence-electron chi connectivity index (χ0n) is 13.4. The molecule has 1 aliphatic carbocycles. The molecule has 1 saturated heterocycles. The molecule has 1 aromatic rings. The van der Waals surface area contributed by atoms with E-state index in [0.29, 0.717) is 18.0 Å². The molecule has 1 saturated carbocycles. The minimum atomic E-state index is -1.53. The third kappa shape index (κ3) is 2.43. The van der Waals surface area contributed by atoms with Crippen LogP contribution in [0.2, 0.25) is 0 Å². The SMILES string of the molecule is CC(C)[C@@H](C(=O)O)N1C[C@@H]2C[C@@H]2[C@@H]1[C@](C)(F)c1ccccc1. The summed E-state index contributed by atoms with van der Waals surface area (Å²) in [5.74, 6) is -0.130. The fraction of sp³-hybridized carbons (Fsp3) is 0.611. The third-order valence-corrected chi connectivity index (χ3v) is 5.32. The number of likely N-dealkylation sites (tertiary alicyclic amines) is 1. The second-order valence-corrected chi connectivity index (χ2v) is 7.27. The van der Waals surface area contributed by atoms with Crippen LogP contribution in [0.1, 0.15) is 32.8 Å². The zero-order valence-corrected chi connectivity index (χ0v) is 13.4. The number of hydrogen-bond donors (Lipinski definition) is 1. The molecule has 1 heterocycles. The number of carboxylic acid groups (broad SMARTS) is 1. The lowest BCUT2D eigenvalue weighted by molar-refractivity contribution is -0.147. The Morgan fingerprint density at radius 2 is 2.00 bits per heavy atom. The molecule has 1 aliphatic heterocycles. The summed E-state index contributed by atoms with van der Waals surface area (Å²) in [6.45, 7) is 6.12.